The molecule has 80 valence electrons. The number of unbranched alkanes of at least 4 members (excludes halogenated alkanes) is 2. The van der Waals surface area contributed by atoms with E-state index in [1.807, 2.05) is 0 Å². The van der Waals surface area contributed by atoms with E-state index in [0.29, 0.717) is 0 Å². The zero-order valence-electron chi connectivity index (χ0n) is 9.45. The Morgan fingerprint density at radius 3 is 2.93 bits per heavy atom. The van der Waals surface area contributed by atoms with Crippen LogP contribution in [0.5, 0.6) is 0 Å². The first-order valence-electron chi connectivity index (χ1n) is 5.90. The highest BCUT2D eigenvalue weighted by Crippen LogP contribution is 2.19. The minimum absolute atomic E-state index is 1.08. The summed E-state index contributed by atoms with van der Waals surface area (Å²) in [6.07, 6.45) is 8.41. The second-order valence-electron chi connectivity index (χ2n) is 4.19. The van der Waals surface area contributed by atoms with Gasteiger partial charge in [0.1, 0.15) is 0 Å². The molecule has 1 aromatic rings. The molecule has 2 rings (SSSR count). The molecule has 1 aliphatic rings. The summed E-state index contributed by atoms with van der Waals surface area (Å²) in [6, 6.07) is 8.65. The molecule has 1 aromatic carbocycles. The zero-order valence-corrected chi connectivity index (χ0v) is 9.45. The molecule has 0 amide bonds. The number of nitrogens with zero attached hydrogens (tertiary/aromatic N) is 1. The van der Waals surface area contributed by atoms with E-state index in [1.165, 1.54) is 36.9 Å². The van der Waals surface area contributed by atoms with Crippen LogP contribution in [0, 0.1) is 0 Å². The Labute approximate surface area is 92.4 Å². The Bertz CT molecular complexity index is 341. The van der Waals surface area contributed by atoms with Gasteiger partial charge in [-0.05, 0) is 29.8 Å². The van der Waals surface area contributed by atoms with Crippen LogP contribution < -0.4 is 0 Å². The van der Waals surface area contributed by atoms with E-state index >= 15 is 0 Å². The van der Waals surface area contributed by atoms with E-state index in [0.717, 1.165) is 6.54 Å². The predicted octanol–water partition coefficient (Wildman–Crippen LogP) is 3.66. The van der Waals surface area contributed by atoms with Gasteiger partial charge >= 0.3 is 0 Å². The first-order valence-corrected chi connectivity index (χ1v) is 5.90. The molecule has 0 unspecified atom stereocenters. The molecule has 0 aliphatic carbocycles. The van der Waals surface area contributed by atoms with Crippen molar-refractivity contribution in [2.45, 2.75) is 32.7 Å². The first-order chi connectivity index (χ1) is 7.40. The molecule has 0 radical (unpaired) electrons. The van der Waals surface area contributed by atoms with Crippen molar-refractivity contribution in [3.63, 3.8) is 0 Å². The number of hydrogen-bond acceptors (Lipinski definition) is 1. The lowest BCUT2D eigenvalue weighted by atomic mass is 10.0. The van der Waals surface area contributed by atoms with Crippen molar-refractivity contribution < 1.29 is 0 Å². The molecule has 1 aliphatic heterocycles. The van der Waals surface area contributed by atoms with Crippen LogP contribution >= 0.6 is 0 Å². The summed E-state index contributed by atoms with van der Waals surface area (Å²) in [5.41, 5.74) is 2.83. The average Bonchev–Trinajstić information content (AvgIpc) is 2.29. The van der Waals surface area contributed by atoms with Gasteiger partial charge in [-0.1, -0.05) is 44.0 Å². The van der Waals surface area contributed by atoms with Crippen molar-refractivity contribution in [1.82, 2.24) is 4.90 Å². The molecule has 0 saturated carbocycles. The Morgan fingerprint density at radius 2 is 2.07 bits per heavy atom. The SMILES string of the molecule is CCCCCN1C=Cc2ccccc2C1. The van der Waals surface area contributed by atoms with E-state index in [2.05, 4.69) is 48.4 Å². The average molecular weight is 201 g/mol. The molecule has 0 bridgehead atoms. The third kappa shape index (κ3) is 2.62. The Hall–Kier alpha value is -1.24. The molecule has 0 saturated heterocycles. The number of rotatable bonds is 4. The molecule has 1 nitrogen and oxygen atoms in total. The lowest BCUT2D eigenvalue weighted by Gasteiger charge is -2.25. The Morgan fingerprint density at radius 1 is 1.20 bits per heavy atom. The topological polar surface area (TPSA) is 3.24 Å². The zero-order chi connectivity index (χ0) is 10.5. The Balaban J connectivity index is 1.94. The maximum Gasteiger partial charge on any atom is 0.0429 e. The molecule has 0 atom stereocenters. The second-order valence-corrected chi connectivity index (χ2v) is 4.19. The van der Waals surface area contributed by atoms with Crippen LogP contribution in [0.2, 0.25) is 0 Å². The first kappa shape index (κ1) is 10.3. The molecule has 0 spiro atoms. The number of benzene rings is 1. The highest BCUT2D eigenvalue weighted by molar-refractivity contribution is 5.55. The van der Waals surface area contributed by atoms with Crippen LogP contribution in [0.1, 0.15) is 37.3 Å². The minimum atomic E-state index is 1.08. The highest BCUT2D eigenvalue weighted by Gasteiger charge is 2.08. The second kappa shape index (κ2) is 5.01. The fourth-order valence-electron chi connectivity index (χ4n) is 2.02. The smallest absolute Gasteiger partial charge is 0.0429 e. The molecular weight excluding hydrogens is 182 g/mol. The Kier molecular flexibility index (Phi) is 3.44. The van der Waals surface area contributed by atoms with Gasteiger partial charge in [-0.3, -0.25) is 0 Å². The molecular formula is C14H19N. The third-order valence-electron chi connectivity index (χ3n) is 2.94. The van der Waals surface area contributed by atoms with E-state index in [-0.39, 0.29) is 0 Å². The van der Waals surface area contributed by atoms with Gasteiger partial charge in [0.15, 0.2) is 0 Å². The van der Waals surface area contributed by atoms with Gasteiger partial charge in [-0.25, -0.2) is 0 Å². The largest absolute Gasteiger partial charge is 0.373 e. The monoisotopic (exact) mass is 201 g/mol. The molecule has 0 fully saturated rings. The van der Waals surface area contributed by atoms with Crippen LogP contribution in [-0.4, -0.2) is 11.4 Å². The van der Waals surface area contributed by atoms with Crippen LogP contribution in [0.4, 0.5) is 0 Å². The minimum Gasteiger partial charge on any atom is -0.373 e. The molecule has 1 heterocycles. The van der Waals surface area contributed by atoms with Crippen LogP contribution in [0.3, 0.4) is 0 Å². The third-order valence-corrected chi connectivity index (χ3v) is 2.94. The number of hydrogen-bond donors (Lipinski definition) is 0. The quantitative estimate of drug-likeness (QED) is 0.672. The van der Waals surface area contributed by atoms with Crippen molar-refractivity contribution in [2.24, 2.45) is 0 Å². The van der Waals surface area contributed by atoms with Crippen molar-refractivity contribution in [3.05, 3.63) is 41.6 Å². The maximum absolute atomic E-state index is 2.41. The summed E-state index contributed by atoms with van der Waals surface area (Å²) in [6.45, 7) is 4.52. The van der Waals surface area contributed by atoms with E-state index in [9.17, 15) is 0 Å². The van der Waals surface area contributed by atoms with Crippen molar-refractivity contribution in [2.75, 3.05) is 6.54 Å². The lowest BCUT2D eigenvalue weighted by Crippen LogP contribution is -2.20. The van der Waals surface area contributed by atoms with E-state index < -0.39 is 0 Å². The van der Waals surface area contributed by atoms with Gasteiger partial charge in [0.2, 0.25) is 0 Å². The predicted molar refractivity (Wildman–Crippen MR) is 65.4 cm³/mol. The van der Waals surface area contributed by atoms with Crippen LogP contribution in [0.25, 0.3) is 6.08 Å². The summed E-state index contributed by atoms with van der Waals surface area (Å²) < 4.78 is 0. The van der Waals surface area contributed by atoms with Crippen molar-refractivity contribution in [1.29, 1.82) is 0 Å². The van der Waals surface area contributed by atoms with Crippen LogP contribution in [-0.2, 0) is 6.54 Å². The normalized spacial score (nSPS) is 14.1. The lowest BCUT2D eigenvalue weighted by molar-refractivity contribution is 0.355. The fourth-order valence-corrected chi connectivity index (χ4v) is 2.02. The van der Waals surface area contributed by atoms with Gasteiger partial charge in [0.05, 0.1) is 0 Å². The summed E-state index contributed by atoms with van der Waals surface area (Å²) in [5.74, 6) is 0. The molecule has 15 heavy (non-hydrogen) atoms. The molecule has 1 heteroatoms. The fraction of sp³-hybridized carbons (Fsp3) is 0.429. The number of fused-ring (bicyclic) bond motifs is 1. The summed E-state index contributed by atoms with van der Waals surface area (Å²) in [5, 5.41) is 0. The van der Waals surface area contributed by atoms with Gasteiger partial charge in [0.25, 0.3) is 0 Å². The highest BCUT2D eigenvalue weighted by atomic mass is 15.1. The maximum atomic E-state index is 2.41. The van der Waals surface area contributed by atoms with Crippen molar-refractivity contribution in [3.8, 4) is 0 Å². The molecule has 0 N–H and O–H groups in total. The van der Waals surface area contributed by atoms with Crippen molar-refractivity contribution >= 4 is 6.08 Å². The van der Waals surface area contributed by atoms with Gasteiger partial charge in [-0.2, -0.15) is 0 Å². The van der Waals surface area contributed by atoms with E-state index in [1.54, 1.807) is 0 Å². The van der Waals surface area contributed by atoms with Gasteiger partial charge < -0.3 is 4.90 Å². The standard InChI is InChI=1S/C14H19N/c1-2-3-6-10-15-11-9-13-7-4-5-8-14(13)12-15/h4-5,7-9,11H,2-3,6,10,12H2,1H3. The van der Waals surface area contributed by atoms with E-state index in [4.69, 9.17) is 0 Å². The van der Waals surface area contributed by atoms with Gasteiger partial charge in [0, 0.05) is 13.1 Å². The van der Waals surface area contributed by atoms with Crippen LogP contribution in [0.15, 0.2) is 30.5 Å². The van der Waals surface area contributed by atoms with Gasteiger partial charge in [-0.15, -0.1) is 0 Å². The summed E-state index contributed by atoms with van der Waals surface area (Å²) in [4.78, 5) is 2.41. The summed E-state index contributed by atoms with van der Waals surface area (Å²) in [7, 11) is 0. The summed E-state index contributed by atoms with van der Waals surface area (Å²) >= 11 is 0. The molecule has 0 aromatic heterocycles.